The minimum absolute atomic E-state index is 0. The van der Waals surface area contributed by atoms with E-state index in [-0.39, 0.29) is 1.43 Å². The van der Waals surface area contributed by atoms with Gasteiger partial charge in [0.25, 0.3) is 0 Å². The third kappa shape index (κ3) is 3.09. The van der Waals surface area contributed by atoms with Crippen molar-refractivity contribution < 1.29 is 6.16 Å². The zero-order valence-corrected chi connectivity index (χ0v) is 11.2. The Balaban J connectivity index is 0.00000121. The Labute approximate surface area is 76.0 Å². The molecular formula is C8H21OSi2+. The molecule has 0 saturated carbocycles. The van der Waals surface area contributed by atoms with E-state index in [1.807, 2.05) is 0 Å². The van der Waals surface area contributed by atoms with Crippen molar-refractivity contribution in [2.45, 2.75) is 43.6 Å². The largest absolute Gasteiger partial charge is 1.00 e. The predicted molar refractivity (Wildman–Crippen MR) is 57.3 cm³/mol. The molecule has 0 bridgehead atoms. The molecule has 1 nitrogen and oxygen atoms in total. The Hall–Kier alpha value is 0.394. The van der Waals surface area contributed by atoms with Gasteiger partial charge in [0.05, 0.1) is 0 Å². The van der Waals surface area contributed by atoms with Gasteiger partial charge in [-0.1, -0.05) is 13.1 Å². The molecule has 3 heteroatoms. The lowest BCUT2D eigenvalue weighted by atomic mass is 10.1. The minimum Gasteiger partial charge on any atom is -0.380 e. The predicted octanol–water partition coefficient (Wildman–Crippen LogP) is 0.848. The monoisotopic (exact) mass is 189 g/mol. The average Bonchev–Trinajstić information content (AvgIpc) is 1.85. The second kappa shape index (κ2) is 3.87. The molecule has 0 N–H and O–H groups in total. The first kappa shape index (κ1) is 9.48. The van der Waals surface area contributed by atoms with Crippen molar-refractivity contribution in [3.05, 3.63) is 0 Å². The van der Waals surface area contributed by atoms with E-state index in [0.717, 1.165) is 6.61 Å². The van der Waals surface area contributed by atoms with Crippen LogP contribution in [0.3, 0.4) is 0 Å². The van der Waals surface area contributed by atoms with Crippen molar-refractivity contribution in [3.8, 4) is 0 Å². The fourth-order valence-electron chi connectivity index (χ4n) is 2.02. The standard InChI is InChI=1S/C8H20OSi2/c1-11(2)7-8(10)5-3-4-6-9-8/h11H,3-7H2,1-2,10H3/p+1. The van der Waals surface area contributed by atoms with E-state index in [0.29, 0.717) is 5.22 Å². The molecular weight excluding hydrogens is 168 g/mol. The second-order valence-electron chi connectivity index (χ2n) is 4.35. The highest BCUT2D eigenvalue weighted by molar-refractivity contribution is 6.57. The van der Waals surface area contributed by atoms with Gasteiger partial charge in [0, 0.05) is 30.9 Å². The summed E-state index contributed by atoms with van der Waals surface area (Å²) in [6.45, 7) is 5.89. The highest BCUT2D eigenvalue weighted by atomic mass is 28.3. The number of hydrogen-bond donors (Lipinski definition) is 0. The Morgan fingerprint density at radius 2 is 2.27 bits per heavy atom. The Bertz CT molecular complexity index is 124. The Morgan fingerprint density at radius 1 is 1.55 bits per heavy atom. The summed E-state index contributed by atoms with van der Waals surface area (Å²) in [5, 5.41) is 0.401. The minimum atomic E-state index is -0.401. The van der Waals surface area contributed by atoms with Crippen LogP contribution in [0.5, 0.6) is 0 Å². The van der Waals surface area contributed by atoms with Crippen LogP contribution in [0.25, 0.3) is 0 Å². The molecule has 1 fully saturated rings. The van der Waals surface area contributed by atoms with Crippen molar-refractivity contribution in [1.82, 2.24) is 0 Å². The number of hydrogen-bond acceptors (Lipinski definition) is 1. The molecule has 0 radical (unpaired) electrons. The molecule has 1 aliphatic rings. The molecule has 1 saturated heterocycles. The molecule has 0 spiro atoms. The van der Waals surface area contributed by atoms with E-state index in [9.17, 15) is 0 Å². The second-order valence-corrected chi connectivity index (χ2v) is 9.37. The van der Waals surface area contributed by atoms with E-state index in [4.69, 9.17) is 4.74 Å². The maximum Gasteiger partial charge on any atom is 1.00 e. The summed E-state index contributed by atoms with van der Waals surface area (Å²) >= 11 is 0. The molecule has 1 aliphatic heterocycles. The molecule has 1 rings (SSSR count). The molecule has 66 valence electrons. The third-order valence-corrected chi connectivity index (χ3v) is 6.08. The van der Waals surface area contributed by atoms with Crippen molar-refractivity contribution in [3.63, 3.8) is 0 Å². The average molecular weight is 189 g/mol. The van der Waals surface area contributed by atoms with Crippen LogP contribution in [0, 0.1) is 0 Å². The van der Waals surface area contributed by atoms with Gasteiger partial charge in [0.15, 0.2) is 0 Å². The molecule has 1 atom stereocenters. The SMILES string of the molecule is C[SiH](C)CC1([SiH3])CCCCO1.[H+]. The molecule has 0 amide bonds. The highest BCUT2D eigenvalue weighted by Gasteiger charge is 2.28. The number of rotatable bonds is 2. The summed E-state index contributed by atoms with van der Waals surface area (Å²) in [5.74, 6) is 0. The van der Waals surface area contributed by atoms with Crippen LogP contribution in [0.1, 0.15) is 20.7 Å². The maximum absolute atomic E-state index is 5.87. The molecule has 11 heavy (non-hydrogen) atoms. The Morgan fingerprint density at radius 3 is 2.73 bits per heavy atom. The molecule has 1 unspecified atom stereocenters. The summed E-state index contributed by atoms with van der Waals surface area (Å²) < 4.78 is 5.87. The number of ether oxygens (including phenoxy) is 1. The molecule has 1 heterocycles. The lowest BCUT2D eigenvalue weighted by molar-refractivity contribution is -0.00465. The first-order chi connectivity index (χ1) is 5.12. The maximum atomic E-state index is 5.87. The topological polar surface area (TPSA) is 9.23 Å². The van der Waals surface area contributed by atoms with E-state index in [2.05, 4.69) is 13.1 Å². The van der Waals surface area contributed by atoms with Crippen LogP contribution in [0.2, 0.25) is 19.1 Å². The molecule has 0 aromatic rings. The van der Waals surface area contributed by atoms with Gasteiger partial charge < -0.3 is 4.74 Å². The first-order valence-electron chi connectivity index (χ1n) is 4.76. The summed E-state index contributed by atoms with van der Waals surface area (Å²) in [7, 11) is 0.839. The van der Waals surface area contributed by atoms with Gasteiger partial charge in [-0.25, -0.2) is 0 Å². The van der Waals surface area contributed by atoms with Gasteiger partial charge in [-0.05, 0) is 25.3 Å². The summed E-state index contributed by atoms with van der Waals surface area (Å²) in [6, 6.07) is 1.42. The summed E-state index contributed by atoms with van der Waals surface area (Å²) in [6.07, 6.45) is 4.05. The molecule has 0 aromatic carbocycles. The first-order valence-corrected chi connectivity index (χ1v) is 8.89. The molecule has 0 aliphatic carbocycles. The van der Waals surface area contributed by atoms with Gasteiger partial charge >= 0.3 is 1.43 Å². The summed E-state index contributed by atoms with van der Waals surface area (Å²) in [4.78, 5) is 0. The van der Waals surface area contributed by atoms with Crippen LogP contribution in [-0.4, -0.2) is 30.9 Å². The van der Waals surface area contributed by atoms with E-state index in [1.165, 1.54) is 35.5 Å². The zero-order valence-electron chi connectivity index (χ0n) is 9.02. The third-order valence-electron chi connectivity index (χ3n) is 2.39. The quantitative estimate of drug-likeness (QED) is 0.585. The lowest BCUT2D eigenvalue weighted by Crippen LogP contribution is -2.39. The van der Waals surface area contributed by atoms with Crippen LogP contribution >= 0.6 is 0 Å². The lowest BCUT2D eigenvalue weighted by Gasteiger charge is -2.35. The molecule has 0 aromatic heterocycles. The van der Waals surface area contributed by atoms with Gasteiger partial charge in [0.2, 0.25) is 0 Å². The van der Waals surface area contributed by atoms with E-state index >= 15 is 0 Å². The smallest absolute Gasteiger partial charge is 0.380 e. The van der Waals surface area contributed by atoms with Crippen LogP contribution in [-0.2, 0) is 4.74 Å². The van der Waals surface area contributed by atoms with Crippen molar-refractivity contribution >= 4 is 19.0 Å². The van der Waals surface area contributed by atoms with Gasteiger partial charge in [0.1, 0.15) is 0 Å². The van der Waals surface area contributed by atoms with Crippen molar-refractivity contribution in [1.29, 1.82) is 0 Å². The van der Waals surface area contributed by atoms with Crippen LogP contribution in [0.15, 0.2) is 0 Å². The van der Waals surface area contributed by atoms with E-state index < -0.39 is 8.80 Å². The van der Waals surface area contributed by atoms with Crippen molar-refractivity contribution in [2.75, 3.05) is 6.61 Å². The fourth-order valence-corrected chi connectivity index (χ4v) is 7.07. The normalized spacial score (nSPS) is 33.0. The summed E-state index contributed by atoms with van der Waals surface area (Å²) in [5.41, 5.74) is 0. The zero-order chi connectivity index (χ0) is 8.32. The van der Waals surface area contributed by atoms with Gasteiger partial charge in [-0.15, -0.1) is 0 Å². The van der Waals surface area contributed by atoms with Crippen molar-refractivity contribution in [2.24, 2.45) is 0 Å². The van der Waals surface area contributed by atoms with E-state index in [1.54, 1.807) is 0 Å². The van der Waals surface area contributed by atoms with Crippen LogP contribution in [0.4, 0.5) is 0 Å². The Kier molecular flexibility index (Phi) is 3.34. The highest BCUT2D eigenvalue weighted by Crippen LogP contribution is 2.26. The van der Waals surface area contributed by atoms with Crippen LogP contribution < -0.4 is 0 Å². The fraction of sp³-hybridized carbons (Fsp3) is 1.00. The van der Waals surface area contributed by atoms with Gasteiger partial charge in [-0.3, -0.25) is 0 Å². The van der Waals surface area contributed by atoms with Gasteiger partial charge in [-0.2, -0.15) is 0 Å².